The van der Waals surface area contributed by atoms with Gasteiger partial charge >= 0.3 is 0 Å². The van der Waals surface area contributed by atoms with Crippen LogP contribution < -0.4 is 10.1 Å². The van der Waals surface area contributed by atoms with Crippen LogP contribution in [0.25, 0.3) is 6.08 Å². The van der Waals surface area contributed by atoms with E-state index in [0.29, 0.717) is 6.61 Å². The first kappa shape index (κ1) is 11.5. The smallest absolute Gasteiger partial charge is 0.127 e. The van der Waals surface area contributed by atoms with Gasteiger partial charge in [-0.15, -0.1) is 0 Å². The summed E-state index contributed by atoms with van der Waals surface area (Å²) in [5.74, 6) is 0.920. The molecule has 1 aliphatic rings. The van der Waals surface area contributed by atoms with Gasteiger partial charge in [-0.3, -0.25) is 0 Å². The first-order chi connectivity index (χ1) is 7.79. The minimum Gasteiger partial charge on any atom is -0.489 e. The molecule has 16 heavy (non-hydrogen) atoms. The molecule has 0 bridgehead atoms. The van der Waals surface area contributed by atoms with Gasteiger partial charge in [0.25, 0.3) is 0 Å². The fourth-order valence-electron chi connectivity index (χ4n) is 1.72. The molecule has 0 spiro atoms. The summed E-state index contributed by atoms with van der Waals surface area (Å²) in [6, 6.07) is 5.72. The van der Waals surface area contributed by atoms with Gasteiger partial charge in [0.05, 0.1) is 0 Å². The van der Waals surface area contributed by atoms with Crippen molar-refractivity contribution >= 4 is 17.7 Å². The third-order valence-electron chi connectivity index (χ3n) is 2.52. The molecular weight excluding hydrogens is 222 g/mol. The maximum Gasteiger partial charge on any atom is 0.127 e. The Balaban J connectivity index is 2.08. The van der Waals surface area contributed by atoms with Gasteiger partial charge in [0.2, 0.25) is 0 Å². The molecule has 0 fully saturated rings. The zero-order valence-electron chi connectivity index (χ0n) is 9.42. The highest BCUT2D eigenvalue weighted by Gasteiger charge is 2.10. The Kier molecular flexibility index (Phi) is 3.86. The van der Waals surface area contributed by atoms with E-state index in [9.17, 15) is 0 Å². The molecule has 2 nitrogen and oxygen atoms in total. The minimum absolute atomic E-state index is 0.672. The third-order valence-corrected chi connectivity index (χ3v) is 2.76. The van der Waals surface area contributed by atoms with E-state index in [-0.39, 0.29) is 0 Å². The quantitative estimate of drug-likeness (QED) is 0.813. The van der Waals surface area contributed by atoms with E-state index in [4.69, 9.17) is 16.3 Å². The number of rotatable bonds is 4. The van der Waals surface area contributed by atoms with Crippen molar-refractivity contribution in [2.75, 3.05) is 19.7 Å². The average molecular weight is 238 g/mol. The summed E-state index contributed by atoms with van der Waals surface area (Å²) in [6.45, 7) is 4.76. The molecule has 3 heteroatoms. The summed E-state index contributed by atoms with van der Waals surface area (Å²) in [5.41, 5.74) is 2.34. The third kappa shape index (κ3) is 2.77. The zero-order chi connectivity index (χ0) is 11.4. The van der Waals surface area contributed by atoms with Gasteiger partial charge in [-0.05, 0) is 42.8 Å². The van der Waals surface area contributed by atoms with Crippen molar-refractivity contribution in [2.45, 2.75) is 13.3 Å². The highest BCUT2D eigenvalue weighted by Crippen LogP contribution is 2.28. The van der Waals surface area contributed by atoms with Crippen LogP contribution in [0.4, 0.5) is 0 Å². The largest absolute Gasteiger partial charge is 0.489 e. The Bertz CT molecular complexity index is 401. The van der Waals surface area contributed by atoms with E-state index in [1.807, 2.05) is 18.2 Å². The molecule has 0 aliphatic carbocycles. The van der Waals surface area contributed by atoms with Gasteiger partial charge in [-0.2, -0.15) is 0 Å². The Morgan fingerprint density at radius 1 is 1.44 bits per heavy atom. The lowest BCUT2D eigenvalue weighted by atomic mass is 10.1. The van der Waals surface area contributed by atoms with Gasteiger partial charge in [0.15, 0.2) is 0 Å². The molecule has 1 heterocycles. The Morgan fingerprint density at radius 3 is 3.12 bits per heavy atom. The van der Waals surface area contributed by atoms with E-state index in [1.54, 1.807) is 0 Å². The molecule has 1 N–H and O–H groups in total. The molecule has 1 aromatic rings. The summed E-state index contributed by atoms with van der Waals surface area (Å²) < 4.78 is 5.65. The van der Waals surface area contributed by atoms with Crippen LogP contribution in [0.3, 0.4) is 0 Å². The normalized spacial score (nSPS) is 14.0. The molecule has 0 amide bonds. The van der Waals surface area contributed by atoms with Gasteiger partial charge < -0.3 is 10.1 Å². The molecule has 0 saturated heterocycles. The lowest BCUT2D eigenvalue weighted by Gasteiger charge is -2.18. The summed E-state index contributed by atoms with van der Waals surface area (Å²) in [7, 11) is 0. The second-order valence-electron chi connectivity index (χ2n) is 3.95. The summed E-state index contributed by atoms with van der Waals surface area (Å²) in [6.07, 6.45) is 3.31. The summed E-state index contributed by atoms with van der Waals surface area (Å²) >= 11 is 5.95. The van der Waals surface area contributed by atoms with Gasteiger partial charge in [-0.25, -0.2) is 0 Å². The van der Waals surface area contributed by atoms with E-state index < -0.39 is 0 Å². The topological polar surface area (TPSA) is 21.3 Å². The molecule has 0 saturated carbocycles. The fraction of sp³-hybridized carbons (Fsp3) is 0.385. The molecule has 0 unspecified atom stereocenters. The molecule has 0 aromatic heterocycles. The SMILES string of the molecule is CCCNCC1=Cc2cc(Cl)ccc2OC1. The highest BCUT2D eigenvalue weighted by atomic mass is 35.5. The highest BCUT2D eigenvalue weighted by molar-refractivity contribution is 6.30. The van der Waals surface area contributed by atoms with Crippen LogP contribution >= 0.6 is 11.6 Å². The first-order valence-electron chi connectivity index (χ1n) is 5.62. The number of fused-ring (bicyclic) bond motifs is 1. The predicted octanol–water partition coefficient (Wildman–Crippen LogP) is 3.12. The molecule has 0 radical (unpaired) electrons. The number of hydrogen-bond donors (Lipinski definition) is 1. The van der Waals surface area contributed by atoms with E-state index >= 15 is 0 Å². The van der Waals surface area contributed by atoms with Crippen molar-refractivity contribution in [3.8, 4) is 5.75 Å². The number of hydrogen-bond acceptors (Lipinski definition) is 2. The van der Waals surface area contributed by atoms with Crippen molar-refractivity contribution in [3.63, 3.8) is 0 Å². The molecule has 1 aliphatic heterocycles. The molecule has 1 aromatic carbocycles. The van der Waals surface area contributed by atoms with Crippen molar-refractivity contribution < 1.29 is 4.74 Å². The van der Waals surface area contributed by atoms with Crippen molar-refractivity contribution in [2.24, 2.45) is 0 Å². The number of benzene rings is 1. The van der Waals surface area contributed by atoms with E-state index in [0.717, 1.165) is 35.8 Å². The van der Waals surface area contributed by atoms with Crippen LogP contribution in [0, 0.1) is 0 Å². The van der Waals surface area contributed by atoms with Crippen LogP contribution in [0.5, 0.6) is 5.75 Å². The molecule has 0 atom stereocenters. The number of halogens is 1. The lowest BCUT2D eigenvalue weighted by Crippen LogP contribution is -2.22. The second-order valence-corrected chi connectivity index (χ2v) is 4.39. The Hall–Kier alpha value is -0.990. The summed E-state index contributed by atoms with van der Waals surface area (Å²) in [5, 5.41) is 4.12. The standard InChI is InChI=1S/C13H16ClNO/c1-2-5-15-8-10-6-11-7-12(14)3-4-13(11)16-9-10/h3-4,6-7,15H,2,5,8-9H2,1H3. The van der Waals surface area contributed by atoms with Gasteiger partial charge in [-0.1, -0.05) is 18.5 Å². The van der Waals surface area contributed by atoms with Crippen LogP contribution in [-0.2, 0) is 0 Å². The maximum atomic E-state index is 5.95. The number of ether oxygens (including phenoxy) is 1. The van der Waals surface area contributed by atoms with Crippen molar-refractivity contribution in [3.05, 3.63) is 34.4 Å². The van der Waals surface area contributed by atoms with E-state index in [2.05, 4.69) is 18.3 Å². The first-order valence-corrected chi connectivity index (χ1v) is 6.00. The van der Waals surface area contributed by atoms with Gasteiger partial charge in [0.1, 0.15) is 12.4 Å². The second kappa shape index (κ2) is 5.37. The molecule has 2 rings (SSSR count). The van der Waals surface area contributed by atoms with E-state index in [1.165, 1.54) is 5.57 Å². The average Bonchev–Trinajstić information content (AvgIpc) is 2.29. The summed E-state index contributed by atoms with van der Waals surface area (Å²) in [4.78, 5) is 0. The molecule has 86 valence electrons. The van der Waals surface area contributed by atoms with Crippen LogP contribution in [0.15, 0.2) is 23.8 Å². The monoisotopic (exact) mass is 237 g/mol. The van der Waals surface area contributed by atoms with Crippen molar-refractivity contribution in [1.29, 1.82) is 0 Å². The van der Waals surface area contributed by atoms with Crippen LogP contribution in [-0.4, -0.2) is 19.7 Å². The minimum atomic E-state index is 0.672. The predicted molar refractivity (Wildman–Crippen MR) is 68.1 cm³/mol. The Morgan fingerprint density at radius 2 is 2.31 bits per heavy atom. The maximum absolute atomic E-state index is 5.95. The number of nitrogens with one attached hydrogen (secondary N) is 1. The fourth-order valence-corrected chi connectivity index (χ4v) is 1.90. The van der Waals surface area contributed by atoms with Crippen molar-refractivity contribution in [1.82, 2.24) is 5.32 Å². The van der Waals surface area contributed by atoms with Crippen LogP contribution in [0.1, 0.15) is 18.9 Å². The Labute approximate surface area is 101 Å². The lowest BCUT2D eigenvalue weighted by molar-refractivity contribution is 0.343. The molecular formula is C13H16ClNO. The van der Waals surface area contributed by atoms with Crippen LogP contribution in [0.2, 0.25) is 5.02 Å². The van der Waals surface area contributed by atoms with Gasteiger partial charge in [0, 0.05) is 17.1 Å². The zero-order valence-corrected chi connectivity index (χ0v) is 10.2.